The molecule has 1 fully saturated rings. The molecule has 0 bridgehead atoms. The van der Waals surface area contributed by atoms with Crippen molar-refractivity contribution in [2.75, 3.05) is 18.0 Å². The summed E-state index contributed by atoms with van der Waals surface area (Å²) in [5.74, 6) is -0.679. The van der Waals surface area contributed by atoms with Crippen molar-refractivity contribution >= 4 is 23.3 Å². The minimum atomic E-state index is -1.11. The molecule has 3 rings (SSSR count). The van der Waals surface area contributed by atoms with Crippen LogP contribution in [0.15, 0.2) is 28.8 Å². The third-order valence-electron chi connectivity index (χ3n) is 3.65. The van der Waals surface area contributed by atoms with Crippen molar-refractivity contribution in [3.63, 3.8) is 0 Å². The van der Waals surface area contributed by atoms with Crippen LogP contribution in [0.1, 0.15) is 29.8 Å². The number of hydrogen-bond acceptors (Lipinski definition) is 4. The van der Waals surface area contributed by atoms with E-state index in [9.17, 15) is 4.79 Å². The summed E-state index contributed by atoms with van der Waals surface area (Å²) < 4.78 is 5.18. The predicted molar refractivity (Wildman–Crippen MR) is 80.0 cm³/mol. The molecule has 0 radical (unpaired) electrons. The van der Waals surface area contributed by atoms with E-state index in [1.54, 1.807) is 6.07 Å². The van der Waals surface area contributed by atoms with Gasteiger partial charge in [-0.2, -0.15) is 0 Å². The van der Waals surface area contributed by atoms with Crippen LogP contribution in [0.3, 0.4) is 0 Å². The average molecular weight is 307 g/mol. The van der Waals surface area contributed by atoms with Gasteiger partial charge in [0.25, 0.3) is 0 Å². The van der Waals surface area contributed by atoms with Crippen molar-refractivity contribution in [1.29, 1.82) is 0 Å². The summed E-state index contributed by atoms with van der Waals surface area (Å²) in [6.07, 6.45) is 3.54. The number of anilines is 1. The Hall–Kier alpha value is -2.01. The van der Waals surface area contributed by atoms with Gasteiger partial charge in [0, 0.05) is 35.4 Å². The normalized spacial score (nSPS) is 15.2. The molecule has 110 valence electrons. The molecule has 1 aliphatic heterocycles. The van der Waals surface area contributed by atoms with Crippen molar-refractivity contribution in [3.05, 3.63) is 35.0 Å². The number of carboxylic acid groups (broad SMARTS) is 1. The molecule has 6 heteroatoms. The molecular formula is C15H15ClN2O3. The zero-order valence-corrected chi connectivity index (χ0v) is 12.1. The third-order valence-corrected chi connectivity index (χ3v) is 3.89. The van der Waals surface area contributed by atoms with E-state index < -0.39 is 5.97 Å². The maximum atomic E-state index is 10.9. The van der Waals surface area contributed by atoms with Crippen LogP contribution in [0.4, 0.5) is 5.69 Å². The Bertz CT molecular complexity index is 663. The summed E-state index contributed by atoms with van der Waals surface area (Å²) >= 11 is 6.08. The lowest BCUT2D eigenvalue weighted by molar-refractivity contribution is 0.0686. The molecule has 0 unspecified atom stereocenters. The van der Waals surface area contributed by atoms with Gasteiger partial charge in [-0.05, 0) is 37.5 Å². The highest BCUT2D eigenvalue weighted by Crippen LogP contribution is 2.35. The number of benzene rings is 1. The standard InChI is InChI=1S/C15H15ClN2O3/c16-10-4-5-13(18-6-2-1-3-7-18)11(8-10)14-9-12(15(19)20)17-21-14/h4-5,8-9H,1-3,6-7H2,(H,19,20). The first kappa shape index (κ1) is 13.9. The monoisotopic (exact) mass is 306 g/mol. The second-order valence-corrected chi connectivity index (χ2v) is 5.53. The molecule has 21 heavy (non-hydrogen) atoms. The van der Waals surface area contributed by atoms with Crippen molar-refractivity contribution < 1.29 is 14.4 Å². The van der Waals surface area contributed by atoms with E-state index in [2.05, 4.69) is 10.1 Å². The Morgan fingerprint density at radius 3 is 2.67 bits per heavy atom. The van der Waals surface area contributed by atoms with E-state index in [1.807, 2.05) is 12.1 Å². The number of piperidine rings is 1. The number of carbonyl (C=O) groups is 1. The average Bonchev–Trinajstić information content (AvgIpc) is 2.98. The lowest BCUT2D eigenvalue weighted by Gasteiger charge is -2.30. The second kappa shape index (κ2) is 5.77. The van der Waals surface area contributed by atoms with Gasteiger partial charge in [0.2, 0.25) is 0 Å². The molecule has 0 amide bonds. The fourth-order valence-corrected chi connectivity index (χ4v) is 2.79. The first-order valence-corrected chi connectivity index (χ1v) is 7.28. The van der Waals surface area contributed by atoms with Crippen LogP contribution in [-0.4, -0.2) is 29.3 Å². The highest BCUT2D eigenvalue weighted by molar-refractivity contribution is 6.31. The maximum absolute atomic E-state index is 10.9. The molecule has 1 aromatic heterocycles. The number of aromatic nitrogens is 1. The molecule has 0 atom stereocenters. The number of halogens is 1. The van der Waals surface area contributed by atoms with Crippen molar-refractivity contribution in [1.82, 2.24) is 5.16 Å². The lowest BCUT2D eigenvalue weighted by atomic mass is 10.1. The Balaban J connectivity index is 2.02. The van der Waals surface area contributed by atoms with Gasteiger partial charge in [0.1, 0.15) is 0 Å². The molecule has 2 heterocycles. The maximum Gasteiger partial charge on any atom is 0.358 e. The van der Waals surface area contributed by atoms with E-state index in [0.29, 0.717) is 10.8 Å². The highest BCUT2D eigenvalue weighted by Gasteiger charge is 2.19. The zero-order chi connectivity index (χ0) is 14.8. The summed E-state index contributed by atoms with van der Waals surface area (Å²) in [4.78, 5) is 13.2. The molecule has 5 nitrogen and oxygen atoms in total. The van der Waals surface area contributed by atoms with Gasteiger partial charge < -0.3 is 14.5 Å². The van der Waals surface area contributed by atoms with E-state index in [-0.39, 0.29) is 5.69 Å². The number of nitrogens with zero attached hydrogens (tertiary/aromatic N) is 2. The van der Waals surface area contributed by atoms with Gasteiger partial charge in [0.05, 0.1) is 0 Å². The van der Waals surface area contributed by atoms with E-state index in [4.69, 9.17) is 21.2 Å². The van der Waals surface area contributed by atoms with Gasteiger partial charge in [-0.3, -0.25) is 0 Å². The lowest BCUT2D eigenvalue weighted by Crippen LogP contribution is -2.29. The van der Waals surface area contributed by atoms with Crippen LogP contribution in [0.5, 0.6) is 0 Å². The van der Waals surface area contributed by atoms with Crippen LogP contribution < -0.4 is 4.90 Å². The van der Waals surface area contributed by atoms with Crippen LogP contribution in [0.25, 0.3) is 11.3 Å². The predicted octanol–water partition coefficient (Wildman–Crippen LogP) is 3.68. The van der Waals surface area contributed by atoms with E-state index in [0.717, 1.165) is 37.2 Å². The fourth-order valence-electron chi connectivity index (χ4n) is 2.62. The third kappa shape index (κ3) is 2.88. The molecule has 2 aromatic rings. The molecule has 0 saturated carbocycles. The van der Waals surface area contributed by atoms with Crippen molar-refractivity contribution in [3.8, 4) is 11.3 Å². The van der Waals surface area contributed by atoms with Gasteiger partial charge in [-0.15, -0.1) is 0 Å². The summed E-state index contributed by atoms with van der Waals surface area (Å²) in [5.41, 5.74) is 1.69. The van der Waals surface area contributed by atoms with E-state index >= 15 is 0 Å². The Morgan fingerprint density at radius 1 is 1.24 bits per heavy atom. The Morgan fingerprint density at radius 2 is 2.00 bits per heavy atom. The van der Waals surface area contributed by atoms with Crippen LogP contribution in [0.2, 0.25) is 5.02 Å². The van der Waals surface area contributed by atoms with Crippen LogP contribution in [-0.2, 0) is 0 Å². The number of hydrogen-bond donors (Lipinski definition) is 1. The van der Waals surface area contributed by atoms with Gasteiger partial charge >= 0.3 is 5.97 Å². The summed E-state index contributed by atoms with van der Waals surface area (Å²) in [6, 6.07) is 7.01. The first-order chi connectivity index (χ1) is 10.1. The molecule has 0 aliphatic carbocycles. The second-order valence-electron chi connectivity index (χ2n) is 5.09. The molecule has 1 N–H and O–H groups in total. The Kier molecular flexibility index (Phi) is 3.84. The summed E-state index contributed by atoms with van der Waals surface area (Å²) in [7, 11) is 0. The van der Waals surface area contributed by atoms with Gasteiger partial charge in [-0.1, -0.05) is 16.8 Å². The first-order valence-electron chi connectivity index (χ1n) is 6.90. The quantitative estimate of drug-likeness (QED) is 0.937. The number of aromatic carboxylic acids is 1. The summed E-state index contributed by atoms with van der Waals surface area (Å²) in [5, 5.41) is 13.1. The molecule has 0 spiro atoms. The molecular weight excluding hydrogens is 292 g/mol. The summed E-state index contributed by atoms with van der Waals surface area (Å²) in [6.45, 7) is 1.96. The number of rotatable bonds is 3. The highest BCUT2D eigenvalue weighted by atomic mass is 35.5. The van der Waals surface area contributed by atoms with Gasteiger partial charge in [0.15, 0.2) is 11.5 Å². The smallest absolute Gasteiger partial charge is 0.358 e. The minimum absolute atomic E-state index is 0.102. The van der Waals surface area contributed by atoms with Crippen molar-refractivity contribution in [2.24, 2.45) is 0 Å². The molecule has 1 saturated heterocycles. The van der Waals surface area contributed by atoms with Crippen LogP contribution >= 0.6 is 11.6 Å². The fraction of sp³-hybridized carbons (Fsp3) is 0.333. The van der Waals surface area contributed by atoms with E-state index in [1.165, 1.54) is 12.5 Å². The molecule has 1 aromatic carbocycles. The topological polar surface area (TPSA) is 66.6 Å². The van der Waals surface area contributed by atoms with Crippen molar-refractivity contribution in [2.45, 2.75) is 19.3 Å². The number of carboxylic acids is 1. The largest absolute Gasteiger partial charge is 0.476 e. The SMILES string of the molecule is O=C(O)c1cc(-c2cc(Cl)ccc2N2CCCCC2)on1. The zero-order valence-electron chi connectivity index (χ0n) is 11.4. The molecule has 1 aliphatic rings. The minimum Gasteiger partial charge on any atom is -0.476 e. The Labute approximate surface area is 127 Å². The van der Waals surface area contributed by atoms with Crippen LogP contribution in [0, 0.1) is 0 Å². The van der Waals surface area contributed by atoms with Gasteiger partial charge in [-0.25, -0.2) is 4.79 Å².